The van der Waals surface area contributed by atoms with Crippen LogP contribution < -0.4 is 5.11 Å². The van der Waals surface area contributed by atoms with E-state index in [1.54, 1.807) is 0 Å². The predicted octanol–water partition coefficient (Wildman–Crippen LogP) is 1.22. The molecular weight excluding hydrogens is 200 g/mol. The van der Waals surface area contributed by atoms with Gasteiger partial charge < -0.3 is 5.11 Å². The molecule has 0 aromatic heterocycles. The van der Waals surface area contributed by atoms with E-state index in [4.69, 9.17) is 0 Å². The molecule has 0 N–H and O–H groups in total. The van der Waals surface area contributed by atoms with Crippen molar-refractivity contribution in [3.63, 3.8) is 0 Å². The van der Waals surface area contributed by atoms with Gasteiger partial charge in [0.2, 0.25) is 6.21 Å². The largest absolute Gasteiger partial charge is 0.857 e. The van der Waals surface area contributed by atoms with Gasteiger partial charge in [-0.2, -0.15) is 0 Å². The Bertz CT molecular complexity index is 421. The maximum absolute atomic E-state index is 11.3. The molecule has 0 amide bonds. The highest BCUT2D eigenvalue weighted by atomic mass is 16.3. The van der Waals surface area contributed by atoms with Crippen molar-refractivity contribution in [3.8, 4) is 0 Å². The second-order valence-electron chi connectivity index (χ2n) is 4.43. The van der Waals surface area contributed by atoms with Gasteiger partial charge >= 0.3 is 0 Å². The summed E-state index contributed by atoms with van der Waals surface area (Å²) in [6, 6.07) is 10.2. The molecule has 0 saturated heterocycles. The summed E-state index contributed by atoms with van der Waals surface area (Å²) in [5.74, 6) is 0.404. The summed E-state index contributed by atoms with van der Waals surface area (Å²) < 4.78 is 1.81. The molecule has 1 aliphatic rings. The van der Waals surface area contributed by atoms with Crippen molar-refractivity contribution < 1.29 is 9.79 Å². The van der Waals surface area contributed by atoms with E-state index in [1.807, 2.05) is 41.2 Å². The lowest BCUT2D eigenvalue weighted by Crippen LogP contribution is -2.26. The van der Waals surface area contributed by atoms with E-state index in [9.17, 15) is 5.11 Å². The molecule has 1 unspecified atom stereocenters. The van der Waals surface area contributed by atoms with E-state index in [0.717, 1.165) is 5.56 Å². The van der Waals surface area contributed by atoms with Crippen LogP contribution in [0.5, 0.6) is 0 Å². The third kappa shape index (κ3) is 2.30. The maximum atomic E-state index is 11.3. The van der Waals surface area contributed by atoms with Gasteiger partial charge in [0.15, 0.2) is 6.04 Å². The van der Waals surface area contributed by atoms with Gasteiger partial charge in [-0.05, 0) is 17.2 Å². The van der Waals surface area contributed by atoms with Crippen LogP contribution in [0, 0.1) is 5.92 Å². The zero-order chi connectivity index (χ0) is 11.5. The van der Waals surface area contributed by atoms with E-state index in [2.05, 4.69) is 18.9 Å². The molecule has 3 nitrogen and oxygen atoms in total. The highest BCUT2D eigenvalue weighted by molar-refractivity contribution is 5.77. The lowest BCUT2D eigenvalue weighted by Gasteiger charge is -2.08. The van der Waals surface area contributed by atoms with Crippen molar-refractivity contribution in [2.75, 3.05) is 0 Å². The second kappa shape index (κ2) is 4.47. The molecule has 1 aromatic carbocycles. The number of hydrogen-bond acceptors (Lipinski definition) is 2. The summed E-state index contributed by atoms with van der Waals surface area (Å²) in [5.41, 5.74) is 1.08. The van der Waals surface area contributed by atoms with Crippen LogP contribution in [0.4, 0.5) is 0 Å². The van der Waals surface area contributed by atoms with Crippen molar-refractivity contribution in [1.29, 1.82) is 0 Å². The Hall–Kier alpha value is -1.64. The average Bonchev–Trinajstić information content (AvgIpc) is 2.61. The molecule has 0 fully saturated rings. The number of nitrogens with zero attached hydrogens (tertiary/aromatic N) is 2. The minimum absolute atomic E-state index is 0.0223. The van der Waals surface area contributed by atoms with Gasteiger partial charge in [0.05, 0.1) is 0 Å². The fraction of sp³-hybridized carbons (Fsp3) is 0.385. The monoisotopic (exact) mass is 216 g/mol. The molecule has 84 valence electrons. The van der Waals surface area contributed by atoms with E-state index in [1.165, 1.54) is 0 Å². The molecule has 0 bridgehead atoms. The van der Waals surface area contributed by atoms with Crippen molar-refractivity contribution in [1.82, 2.24) is 0 Å². The van der Waals surface area contributed by atoms with Crippen molar-refractivity contribution in [2.24, 2.45) is 11.0 Å². The summed E-state index contributed by atoms with van der Waals surface area (Å²) in [5, 5.41) is 15.4. The molecule has 0 aliphatic carbocycles. The van der Waals surface area contributed by atoms with Crippen LogP contribution in [0.3, 0.4) is 0 Å². The molecule has 3 heteroatoms. The Morgan fingerprint density at radius 3 is 2.69 bits per heavy atom. The fourth-order valence-electron chi connectivity index (χ4n) is 1.87. The van der Waals surface area contributed by atoms with Gasteiger partial charge in [-0.15, -0.1) is 0 Å². The Morgan fingerprint density at radius 2 is 2.06 bits per heavy atom. The van der Waals surface area contributed by atoms with Crippen LogP contribution >= 0.6 is 0 Å². The van der Waals surface area contributed by atoms with Gasteiger partial charge in [-0.1, -0.05) is 36.7 Å². The van der Waals surface area contributed by atoms with Gasteiger partial charge in [0.25, 0.3) is 0 Å². The van der Waals surface area contributed by atoms with Gasteiger partial charge in [-0.25, -0.2) is 0 Å². The Labute approximate surface area is 95.7 Å². The van der Waals surface area contributed by atoms with Gasteiger partial charge in [0.1, 0.15) is 0 Å². The molecule has 2 rings (SSSR count). The summed E-state index contributed by atoms with van der Waals surface area (Å²) in [6.45, 7) is 4.23. The molecule has 1 atom stereocenters. The zero-order valence-corrected chi connectivity index (χ0v) is 9.63. The lowest BCUT2D eigenvalue weighted by molar-refractivity contribution is -0.564. The normalized spacial score (nSPS) is 22.8. The summed E-state index contributed by atoms with van der Waals surface area (Å²) in [6.07, 6.45) is 2.47. The number of hydrazone groups is 1. The number of benzene rings is 1. The Balaban J connectivity index is 2.28. The SMILES string of the molecule is CC(C)C1CC([O-])=N/[N+]1=C\c1ccccc1. The standard InChI is InChI=1S/C13H16N2O/c1-10(2)12-8-13(16)14-15(12)9-11-6-4-3-5-7-11/h3-7,9-10,12H,8H2,1-2H3/b15-9-. The molecule has 16 heavy (non-hydrogen) atoms. The average molecular weight is 216 g/mol. The zero-order valence-electron chi connectivity index (χ0n) is 9.63. The van der Waals surface area contributed by atoms with Crippen molar-refractivity contribution in [2.45, 2.75) is 26.3 Å². The van der Waals surface area contributed by atoms with Crippen LogP contribution in [-0.4, -0.2) is 22.8 Å². The molecule has 1 aliphatic heterocycles. The highest BCUT2D eigenvalue weighted by Crippen LogP contribution is 2.16. The van der Waals surface area contributed by atoms with Crippen LogP contribution in [0.1, 0.15) is 25.8 Å². The van der Waals surface area contributed by atoms with Crippen LogP contribution in [0.15, 0.2) is 35.4 Å². The highest BCUT2D eigenvalue weighted by Gasteiger charge is 2.30. The molecular formula is C13H16N2O. The summed E-state index contributed by atoms with van der Waals surface area (Å²) in [7, 11) is 0. The van der Waals surface area contributed by atoms with Crippen molar-refractivity contribution >= 4 is 12.1 Å². The van der Waals surface area contributed by atoms with Crippen molar-refractivity contribution in [3.05, 3.63) is 35.9 Å². The van der Waals surface area contributed by atoms with Crippen LogP contribution in [0.25, 0.3) is 0 Å². The first-order chi connectivity index (χ1) is 7.66. The summed E-state index contributed by atoms with van der Waals surface area (Å²) >= 11 is 0. The predicted molar refractivity (Wildman–Crippen MR) is 62.5 cm³/mol. The first-order valence-corrected chi connectivity index (χ1v) is 5.59. The van der Waals surface area contributed by atoms with E-state index in [0.29, 0.717) is 12.3 Å². The molecule has 1 aromatic rings. The van der Waals surface area contributed by atoms with E-state index < -0.39 is 0 Å². The quantitative estimate of drug-likeness (QED) is 0.685. The smallest absolute Gasteiger partial charge is 0.203 e. The first-order valence-electron chi connectivity index (χ1n) is 5.59. The fourth-order valence-corrected chi connectivity index (χ4v) is 1.87. The number of hydrogen-bond donors (Lipinski definition) is 0. The molecule has 0 spiro atoms. The summed E-state index contributed by atoms with van der Waals surface area (Å²) in [4.78, 5) is 0. The molecule has 0 saturated carbocycles. The van der Waals surface area contributed by atoms with Crippen LogP contribution in [0.2, 0.25) is 0 Å². The Kier molecular flexibility index (Phi) is 3.04. The molecule has 1 heterocycles. The lowest BCUT2D eigenvalue weighted by atomic mass is 10.0. The molecule has 0 radical (unpaired) electrons. The maximum Gasteiger partial charge on any atom is 0.203 e. The minimum Gasteiger partial charge on any atom is -0.857 e. The topological polar surface area (TPSA) is 38.4 Å². The third-order valence-electron chi connectivity index (χ3n) is 2.80. The van der Waals surface area contributed by atoms with Gasteiger partial charge in [-0.3, -0.25) is 0 Å². The van der Waals surface area contributed by atoms with E-state index >= 15 is 0 Å². The third-order valence-corrected chi connectivity index (χ3v) is 2.80. The van der Waals surface area contributed by atoms with Gasteiger partial charge in [0, 0.05) is 23.8 Å². The first kappa shape index (κ1) is 10.9. The van der Waals surface area contributed by atoms with Crippen LogP contribution in [-0.2, 0) is 0 Å². The minimum atomic E-state index is -0.0223. The number of rotatable bonds is 2. The van der Waals surface area contributed by atoms with E-state index in [-0.39, 0.29) is 11.9 Å². The Morgan fingerprint density at radius 1 is 1.38 bits per heavy atom. The second-order valence-corrected chi connectivity index (χ2v) is 4.43.